The van der Waals surface area contributed by atoms with E-state index in [2.05, 4.69) is 48.5 Å². The van der Waals surface area contributed by atoms with Crippen LogP contribution in [0.1, 0.15) is 43.2 Å². The molecule has 2 heteroatoms. The number of hydrogen-bond donors (Lipinski definition) is 1. The molecule has 0 bridgehead atoms. The van der Waals surface area contributed by atoms with Crippen LogP contribution in [0.4, 0.5) is 0 Å². The van der Waals surface area contributed by atoms with Gasteiger partial charge in [0.25, 0.3) is 0 Å². The Bertz CT molecular complexity index is 354. The summed E-state index contributed by atoms with van der Waals surface area (Å²) >= 11 is 0. The van der Waals surface area contributed by atoms with Crippen molar-refractivity contribution >= 4 is 0 Å². The number of hydrogen-bond acceptors (Lipinski definition) is 2. The normalized spacial score (nSPS) is 17.8. The number of nitrogens with zero attached hydrogens (tertiary/aromatic N) is 1. The van der Waals surface area contributed by atoms with E-state index in [0.29, 0.717) is 5.92 Å². The Kier molecular flexibility index (Phi) is 4.79. The van der Waals surface area contributed by atoms with Gasteiger partial charge in [0.1, 0.15) is 0 Å². The first-order valence-electron chi connectivity index (χ1n) is 7.14. The molecule has 1 unspecified atom stereocenters. The van der Waals surface area contributed by atoms with E-state index in [4.69, 9.17) is 0 Å². The molecule has 1 atom stereocenters. The van der Waals surface area contributed by atoms with E-state index in [1.807, 2.05) is 7.05 Å². The fourth-order valence-electron chi connectivity index (χ4n) is 2.62. The van der Waals surface area contributed by atoms with E-state index >= 15 is 0 Å². The van der Waals surface area contributed by atoms with Crippen molar-refractivity contribution < 1.29 is 0 Å². The van der Waals surface area contributed by atoms with Gasteiger partial charge in [-0.25, -0.2) is 0 Å². The minimum atomic E-state index is 0.591. The van der Waals surface area contributed by atoms with Crippen LogP contribution in [0.15, 0.2) is 24.3 Å². The highest BCUT2D eigenvalue weighted by Gasteiger charge is 2.21. The lowest BCUT2D eigenvalue weighted by Crippen LogP contribution is -2.36. The number of benzene rings is 1. The van der Waals surface area contributed by atoms with Crippen LogP contribution < -0.4 is 5.32 Å². The summed E-state index contributed by atoms with van der Waals surface area (Å²) in [5.74, 6) is 0.591. The van der Waals surface area contributed by atoms with Crippen molar-refractivity contribution in [1.82, 2.24) is 10.2 Å². The van der Waals surface area contributed by atoms with Crippen LogP contribution in [-0.2, 0) is 6.54 Å². The van der Waals surface area contributed by atoms with Crippen molar-refractivity contribution in [2.75, 3.05) is 20.6 Å². The lowest BCUT2D eigenvalue weighted by Gasteiger charge is -2.34. The summed E-state index contributed by atoms with van der Waals surface area (Å²) < 4.78 is 0. The highest BCUT2D eigenvalue weighted by molar-refractivity contribution is 5.25. The summed E-state index contributed by atoms with van der Waals surface area (Å²) in [6.45, 7) is 4.40. The highest BCUT2D eigenvalue weighted by atomic mass is 15.1. The first-order valence-corrected chi connectivity index (χ1v) is 7.14. The van der Waals surface area contributed by atoms with Crippen molar-refractivity contribution in [3.05, 3.63) is 35.4 Å². The fourth-order valence-corrected chi connectivity index (χ4v) is 2.62. The zero-order chi connectivity index (χ0) is 13.0. The van der Waals surface area contributed by atoms with Crippen LogP contribution in [0, 0.1) is 0 Å². The van der Waals surface area contributed by atoms with Gasteiger partial charge in [-0.2, -0.15) is 0 Å². The van der Waals surface area contributed by atoms with Gasteiger partial charge in [-0.15, -0.1) is 0 Å². The van der Waals surface area contributed by atoms with Gasteiger partial charge in [0.05, 0.1) is 0 Å². The van der Waals surface area contributed by atoms with Gasteiger partial charge in [0.2, 0.25) is 0 Å². The molecule has 2 nitrogen and oxygen atoms in total. The molecular weight excluding hydrogens is 220 g/mol. The Balaban J connectivity index is 1.90. The molecule has 0 heterocycles. The van der Waals surface area contributed by atoms with Crippen LogP contribution in [-0.4, -0.2) is 31.6 Å². The van der Waals surface area contributed by atoms with E-state index in [1.54, 1.807) is 0 Å². The van der Waals surface area contributed by atoms with Crippen LogP contribution in [0.3, 0.4) is 0 Å². The monoisotopic (exact) mass is 246 g/mol. The molecule has 1 N–H and O–H groups in total. The molecule has 2 rings (SSSR count). The second kappa shape index (κ2) is 6.35. The average molecular weight is 246 g/mol. The predicted octanol–water partition coefficient (Wildman–Crippen LogP) is 2.99. The van der Waals surface area contributed by atoms with Gasteiger partial charge in [0, 0.05) is 19.1 Å². The molecule has 0 spiro atoms. The van der Waals surface area contributed by atoms with Crippen LogP contribution in [0.5, 0.6) is 0 Å². The Labute approximate surface area is 111 Å². The van der Waals surface area contributed by atoms with Crippen molar-refractivity contribution in [2.24, 2.45) is 0 Å². The van der Waals surface area contributed by atoms with Gasteiger partial charge in [-0.3, -0.25) is 4.90 Å². The molecule has 0 aliphatic heterocycles. The van der Waals surface area contributed by atoms with Crippen LogP contribution >= 0.6 is 0 Å². The Morgan fingerprint density at radius 1 is 1.28 bits per heavy atom. The lowest BCUT2D eigenvalue weighted by atomic mass is 9.91. The summed E-state index contributed by atoms with van der Waals surface area (Å²) in [6.07, 6.45) is 4.18. The largest absolute Gasteiger partial charge is 0.319 e. The molecule has 1 aliphatic carbocycles. The van der Waals surface area contributed by atoms with E-state index < -0.39 is 0 Å². The molecule has 0 amide bonds. The zero-order valence-corrected chi connectivity index (χ0v) is 11.9. The maximum Gasteiger partial charge on any atom is 0.0233 e. The third-order valence-corrected chi connectivity index (χ3v) is 4.19. The molecule has 0 saturated heterocycles. The van der Waals surface area contributed by atoms with Crippen LogP contribution in [0.2, 0.25) is 0 Å². The maximum absolute atomic E-state index is 3.23. The average Bonchev–Trinajstić information content (AvgIpc) is 2.27. The molecule has 1 fully saturated rings. The smallest absolute Gasteiger partial charge is 0.0233 e. The summed E-state index contributed by atoms with van der Waals surface area (Å²) in [4.78, 5) is 2.50. The van der Waals surface area contributed by atoms with E-state index in [9.17, 15) is 0 Å². The molecule has 0 radical (unpaired) electrons. The molecule has 0 aromatic heterocycles. The zero-order valence-electron chi connectivity index (χ0n) is 11.9. The second-order valence-electron chi connectivity index (χ2n) is 5.70. The van der Waals surface area contributed by atoms with E-state index in [1.165, 1.54) is 30.4 Å². The van der Waals surface area contributed by atoms with Crippen molar-refractivity contribution in [3.8, 4) is 0 Å². The summed E-state index contributed by atoms with van der Waals surface area (Å²) in [5.41, 5.74) is 2.87. The molecule has 1 aromatic carbocycles. The number of rotatable bonds is 6. The molecule has 100 valence electrons. The quantitative estimate of drug-likeness (QED) is 0.830. The Hall–Kier alpha value is -0.860. The number of likely N-dealkylation sites (N-methyl/N-ethyl adjacent to an activating group) is 1. The SMILES string of the molecule is CNCC(C)c1ccc(CN(C)C2CCC2)cc1. The Morgan fingerprint density at radius 3 is 2.44 bits per heavy atom. The molecule has 1 saturated carbocycles. The summed E-state index contributed by atoms with van der Waals surface area (Å²) in [7, 11) is 4.26. The minimum absolute atomic E-state index is 0.591. The first kappa shape index (κ1) is 13.6. The van der Waals surface area contributed by atoms with Gasteiger partial charge >= 0.3 is 0 Å². The third kappa shape index (κ3) is 3.33. The number of nitrogens with one attached hydrogen (secondary N) is 1. The van der Waals surface area contributed by atoms with Gasteiger partial charge in [-0.1, -0.05) is 37.6 Å². The predicted molar refractivity (Wildman–Crippen MR) is 77.9 cm³/mol. The third-order valence-electron chi connectivity index (χ3n) is 4.19. The summed E-state index contributed by atoms with van der Waals surface area (Å²) in [5, 5.41) is 3.23. The first-order chi connectivity index (χ1) is 8.70. The fraction of sp³-hybridized carbons (Fsp3) is 0.625. The standard InChI is InChI=1S/C16H26N2/c1-13(11-17-2)15-9-7-14(8-10-15)12-18(3)16-5-4-6-16/h7-10,13,16-17H,4-6,11-12H2,1-3H3. The second-order valence-corrected chi connectivity index (χ2v) is 5.70. The maximum atomic E-state index is 3.23. The molecule has 18 heavy (non-hydrogen) atoms. The molecule has 1 aliphatic rings. The van der Waals surface area contributed by atoms with Crippen molar-refractivity contribution in [1.29, 1.82) is 0 Å². The molecular formula is C16H26N2. The lowest BCUT2D eigenvalue weighted by molar-refractivity contribution is 0.152. The van der Waals surface area contributed by atoms with Gasteiger partial charge in [-0.05, 0) is 44.0 Å². The molecule has 1 aromatic rings. The van der Waals surface area contributed by atoms with Crippen molar-refractivity contribution in [2.45, 2.75) is 44.7 Å². The van der Waals surface area contributed by atoms with Gasteiger partial charge in [0.15, 0.2) is 0 Å². The topological polar surface area (TPSA) is 15.3 Å². The minimum Gasteiger partial charge on any atom is -0.319 e. The van der Waals surface area contributed by atoms with Gasteiger partial charge < -0.3 is 5.32 Å². The Morgan fingerprint density at radius 2 is 1.94 bits per heavy atom. The summed E-state index contributed by atoms with van der Waals surface area (Å²) in [6, 6.07) is 9.97. The van der Waals surface area contributed by atoms with E-state index in [0.717, 1.165) is 19.1 Å². The highest BCUT2D eigenvalue weighted by Crippen LogP contribution is 2.25. The van der Waals surface area contributed by atoms with Crippen LogP contribution in [0.25, 0.3) is 0 Å². The van der Waals surface area contributed by atoms with Crippen molar-refractivity contribution in [3.63, 3.8) is 0 Å². The van der Waals surface area contributed by atoms with E-state index in [-0.39, 0.29) is 0 Å².